The Labute approximate surface area is 160 Å². The Kier molecular flexibility index (Phi) is 4.24. The largest absolute Gasteiger partial charge is 0.296 e. The summed E-state index contributed by atoms with van der Waals surface area (Å²) >= 11 is 1.46. The minimum Gasteiger partial charge on any atom is -0.296 e. The molecule has 0 bridgehead atoms. The van der Waals surface area contributed by atoms with Gasteiger partial charge in [0.05, 0.1) is 21.6 Å². The molecule has 27 heavy (non-hydrogen) atoms. The van der Waals surface area contributed by atoms with Crippen molar-refractivity contribution in [1.29, 1.82) is 0 Å². The molecule has 0 unspecified atom stereocenters. The Hall–Kier alpha value is -3.06. The van der Waals surface area contributed by atoms with Crippen molar-refractivity contribution < 1.29 is 4.79 Å². The van der Waals surface area contributed by atoms with Gasteiger partial charge in [0.15, 0.2) is 10.8 Å². The summed E-state index contributed by atoms with van der Waals surface area (Å²) in [6, 6.07) is 12.1. The van der Waals surface area contributed by atoms with Gasteiger partial charge in [0.2, 0.25) is 0 Å². The fraction of sp³-hybridized carbons (Fsp3) is 0.200. The number of hydrogen-bond acceptors (Lipinski definition) is 5. The van der Waals surface area contributed by atoms with Crippen molar-refractivity contribution >= 4 is 32.6 Å². The van der Waals surface area contributed by atoms with E-state index in [0.29, 0.717) is 16.5 Å². The van der Waals surface area contributed by atoms with Crippen molar-refractivity contribution in [3.63, 3.8) is 0 Å². The second-order valence-corrected chi connectivity index (χ2v) is 7.70. The van der Waals surface area contributed by atoms with Crippen LogP contribution in [0.25, 0.3) is 15.9 Å². The van der Waals surface area contributed by atoms with Gasteiger partial charge in [-0.25, -0.2) is 9.67 Å². The molecule has 1 N–H and O–H groups in total. The Morgan fingerprint density at radius 3 is 2.52 bits per heavy atom. The van der Waals surface area contributed by atoms with E-state index in [4.69, 9.17) is 0 Å². The summed E-state index contributed by atoms with van der Waals surface area (Å²) < 4.78 is 2.73. The number of fused-ring (bicyclic) bond motifs is 1. The molecule has 2 aromatic heterocycles. The smallest absolute Gasteiger partial charge is 0.279 e. The molecule has 4 aromatic rings. The van der Waals surface area contributed by atoms with Crippen LogP contribution < -0.4 is 5.32 Å². The lowest BCUT2D eigenvalue weighted by molar-refractivity contribution is 0.102. The highest BCUT2D eigenvalue weighted by Crippen LogP contribution is 2.29. The van der Waals surface area contributed by atoms with Gasteiger partial charge in [0.1, 0.15) is 0 Å². The minimum atomic E-state index is -0.306. The highest BCUT2D eigenvalue weighted by Gasteiger charge is 2.19. The molecule has 0 spiro atoms. The number of aryl methyl sites for hydroxylation is 3. The van der Waals surface area contributed by atoms with Crippen LogP contribution in [0.4, 0.5) is 5.13 Å². The van der Waals surface area contributed by atoms with Gasteiger partial charge >= 0.3 is 0 Å². The number of hydrogen-bond donors (Lipinski definition) is 1. The predicted octanol–water partition coefficient (Wildman–Crippen LogP) is 4.36. The number of carbonyl (C=O) groups excluding carboxylic acids is 1. The molecule has 136 valence electrons. The summed E-state index contributed by atoms with van der Waals surface area (Å²) in [7, 11) is 0. The Balaban J connectivity index is 1.62. The van der Waals surface area contributed by atoms with E-state index in [-0.39, 0.29) is 5.91 Å². The van der Waals surface area contributed by atoms with E-state index < -0.39 is 0 Å². The van der Waals surface area contributed by atoms with Crippen LogP contribution in [0, 0.1) is 27.7 Å². The fourth-order valence-electron chi connectivity index (χ4n) is 3.05. The molecule has 0 fully saturated rings. The summed E-state index contributed by atoms with van der Waals surface area (Å²) in [4.78, 5) is 17.3. The van der Waals surface area contributed by atoms with Crippen LogP contribution in [0.3, 0.4) is 0 Å². The first kappa shape index (κ1) is 17.4. The molecule has 0 radical (unpaired) electrons. The van der Waals surface area contributed by atoms with E-state index in [9.17, 15) is 4.79 Å². The second kappa shape index (κ2) is 6.59. The molecule has 0 aliphatic carbocycles. The maximum Gasteiger partial charge on any atom is 0.279 e. The number of rotatable bonds is 3. The van der Waals surface area contributed by atoms with Gasteiger partial charge in [-0.1, -0.05) is 40.3 Å². The van der Waals surface area contributed by atoms with Crippen molar-refractivity contribution in [3.8, 4) is 5.69 Å². The first-order chi connectivity index (χ1) is 12.9. The number of nitrogens with one attached hydrogen (secondary N) is 1. The quantitative estimate of drug-likeness (QED) is 0.576. The van der Waals surface area contributed by atoms with E-state index in [2.05, 4.69) is 39.7 Å². The standard InChI is InChI=1S/C20H19N5OS/c1-11-5-7-15(8-6-11)25-14(4)18(23-24-25)19(26)22-20-21-17-13(3)9-12(2)10-16(17)27-20/h5-10H,1-4H3,(H,21,22,26). The maximum absolute atomic E-state index is 12.7. The zero-order valence-corrected chi connectivity index (χ0v) is 16.4. The Morgan fingerprint density at radius 2 is 1.78 bits per heavy atom. The highest BCUT2D eigenvalue weighted by molar-refractivity contribution is 7.22. The number of thiazole rings is 1. The van der Waals surface area contributed by atoms with Crippen molar-refractivity contribution in [3.05, 3.63) is 64.5 Å². The zero-order valence-electron chi connectivity index (χ0n) is 15.6. The molecule has 2 heterocycles. The second-order valence-electron chi connectivity index (χ2n) is 6.67. The van der Waals surface area contributed by atoms with Gasteiger partial charge in [0.25, 0.3) is 5.91 Å². The first-order valence-electron chi connectivity index (χ1n) is 8.61. The monoisotopic (exact) mass is 377 g/mol. The lowest BCUT2D eigenvalue weighted by atomic mass is 10.1. The van der Waals surface area contributed by atoms with E-state index >= 15 is 0 Å². The molecule has 2 aromatic carbocycles. The number of anilines is 1. The van der Waals surface area contributed by atoms with E-state index in [1.165, 1.54) is 16.9 Å². The number of benzene rings is 2. The first-order valence-corrected chi connectivity index (χ1v) is 9.42. The van der Waals surface area contributed by atoms with Crippen molar-refractivity contribution in [2.24, 2.45) is 0 Å². The van der Waals surface area contributed by atoms with E-state index in [0.717, 1.165) is 27.0 Å². The number of carbonyl (C=O) groups is 1. The number of aromatic nitrogens is 4. The van der Waals surface area contributed by atoms with Crippen molar-refractivity contribution in [1.82, 2.24) is 20.0 Å². The van der Waals surface area contributed by atoms with Gasteiger partial charge < -0.3 is 0 Å². The predicted molar refractivity (Wildman–Crippen MR) is 108 cm³/mol. The van der Waals surface area contributed by atoms with Crippen LogP contribution >= 0.6 is 11.3 Å². The summed E-state index contributed by atoms with van der Waals surface area (Å²) in [6.07, 6.45) is 0. The van der Waals surface area contributed by atoms with Crippen molar-refractivity contribution in [2.75, 3.05) is 5.32 Å². The normalized spacial score (nSPS) is 11.1. The highest BCUT2D eigenvalue weighted by atomic mass is 32.1. The van der Waals surface area contributed by atoms with E-state index in [1.807, 2.05) is 45.0 Å². The van der Waals surface area contributed by atoms with Gasteiger partial charge in [-0.05, 0) is 57.0 Å². The molecule has 0 saturated heterocycles. The molecule has 1 amide bonds. The summed E-state index contributed by atoms with van der Waals surface area (Å²) in [6.45, 7) is 7.94. The lowest BCUT2D eigenvalue weighted by Gasteiger charge is -2.04. The van der Waals surface area contributed by atoms with Gasteiger partial charge in [-0.15, -0.1) is 5.10 Å². The molecular formula is C20H19N5OS. The SMILES string of the molecule is Cc1ccc(-n2nnc(C(=O)Nc3nc4c(C)cc(C)cc4s3)c2C)cc1. The van der Waals surface area contributed by atoms with Crippen LogP contribution in [0.15, 0.2) is 36.4 Å². The summed E-state index contributed by atoms with van der Waals surface area (Å²) in [5.41, 5.74) is 6.21. The average molecular weight is 377 g/mol. The molecular weight excluding hydrogens is 358 g/mol. The minimum absolute atomic E-state index is 0.294. The Bertz CT molecular complexity index is 1160. The summed E-state index contributed by atoms with van der Waals surface area (Å²) in [5.74, 6) is -0.306. The lowest BCUT2D eigenvalue weighted by Crippen LogP contribution is -2.14. The zero-order chi connectivity index (χ0) is 19.1. The number of nitrogens with zero attached hydrogens (tertiary/aromatic N) is 4. The molecule has 7 heteroatoms. The molecule has 0 atom stereocenters. The topological polar surface area (TPSA) is 72.7 Å². The maximum atomic E-state index is 12.7. The van der Waals surface area contributed by atoms with Gasteiger partial charge in [0, 0.05) is 0 Å². The van der Waals surface area contributed by atoms with Crippen LogP contribution in [-0.4, -0.2) is 25.9 Å². The molecule has 6 nitrogen and oxygen atoms in total. The fourth-order valence-corrected chi connectivity index (χ4v) is 4.09. The molecule has 0 aliphatic rings. The van der Waals surface area contributed by atoms with Crippen LogP contribution in [0.2, 0.25) is 0 Å². The van der Waals surface area contributed by atoms with Gasteiger partial charge in [-0.3, -0.25) is 10.1 Å². The number of amides is 1. The van der Waals surface area contributed by atoms with E-state index in [1.54, 1.807) is 4.68 Å². The third-order valence-electron chi connectivity index (χ3n) is 4.44. The summed E-state index contributed by atoms with van der Waals surface area (Å²) in [5, 5.41) is 11.6. The third kappa shape index (κ3) is 3.21. The third-order valence-corrected chi connectivity index (χ3v) is 5.36. The van der Waals surface area contributed by atoms with Crippen LogP contribution in [0.1, 0.15) is 32.9 Å². The molecule has 0 aliphatic heterocycles. The van der Waals surface area contributed by atoms with Crippen molar-refractivity contribution in [2.45, 2.75) is 27.7 Å². The molecule has 0 saturated carbocycles. The molecule has 4 rings (SSSR count). The average Bonchev–Trinajstić information content (AvgIpc) is 3.19. The Morgan fingerprint density at radius 1 is 1.04 bits per heavy atom. The van der Waals surface area contributed by atoms with Crippen LogP contribution in [0.5, 0.6) is 0 Å². The van der Waals surface area contributed by atoms with Gasteiger partial charge in [-0.2, -0.15) is 0 Å². The van der Waals surface area contributed by atoms with Crippen LogP contribution in [-0.2, 0) is 0 Å².